The van der Waals surface area contributed by atoms with E-state index in [-0.39, 0.29) is 0 Å². The Morgan fingerprint density at radius 1 is 0.900 bits per heavy atom. The molecule has 1 saturated heterocycles. The number of anilines is 1. The molecule has 0 radical (unpaired) electrons. The van der Waals surface area contributed by atoms with Gasteiger partial charge in [0, 0.05) is 67.8 Å². The number of nitrogens with one attached hydrogen (secondary N) is 2. The number of fused-ring (bicyclic) bond motifs is 1. The molecule has 0 amide bonds. The van der Waals surface area contributed by atoms with Gasteiger partial charge in [0.05, 0.1) is 5.69 Å². The third-order valence-electron chi connectivity index (χ3n) is 5.70. The molecule has 1 aliphatic rings. The van der Waals surface area contributed by atoms with E-state index in [9.17, 15) is 9.59 Å². The van der Waals surface area contributed by atoms with Crippen LogP contribution in [0.2, 0.25) is 0 Å². The lowest BCUT2D eigenvalue weighted by Crippen LogP contribution is -2.46. The maximum absolute atomic E-state index is 12.4. The van der Waals surface area contributed by atoms with Gasteiger partial charge in [0.2, 0.25) is 0 Å². The van der Waals surface area contributed by atoms with Crippen LogP contribution in [0, 0.1) is 0 Å². The Labute approximate surface area is 173 Å². The number of hydrogen-bond acceptors (Lipinski definition) is 4. The van der Waals surface area contributed by atoms with Crippen LogP contribution < -0.4 is 16.1 Å². The van der Waals surface area contributed by atoms with Crippen LogP contribution in [-0.4, -0.2) is 45.6 Å². The van der Waals surface area contributed by atoms with E-state index in [0.29, 0.717) is 0 Å². The van der Waals surface area contributed by atoms with Crippen molar-refractivity contribution in [3.05, 3.63) is 93.4 Å². The van der Waals surface area contributed by atoms with Gasteiger partial charge in [0.25, 0.3) is 5.56 Å². The summed E-state index contributed by atoms with van der Waals surface area (Å²) in [6.07, 6.45) is 3.40. The van der Waals surface area contributed by atoms with E-state index in [1.54, 1.807) is 0 Å². The Kier molecular flexibility index (Phi) is 4.72. The predicted octanol–water partition coefficient (Wildman–Crippen LogP) is 2.33. The van der Waals surface area contributed by atoms with Crippen molar-refractivity contribution in [1.29, 1.82) is 0 Å². The van der Waals surface area contributed by atoms with Gasteiger partial charge in [-0.1, -0.05) is 30.3 Å². The summed E-state index contributed by atoms with van der Waals surface area (Å²) in [5, 5.41) is 0.940. The number of rotatable bonds is 4. The van der Waals surface area contributed by atoms with Gasteiger partial charge in [0.1, 0.15) is 0 Å². The topological polar surface area (TPSA) is 77.1 Å². The number of piperazine rings is 1. The highest BCUT2D eigenvalue weighted by Gasteiger charge is 2.19. The fourth-order valence-corrected chi connectivity index (χ4v) is 4.13. The van der Waals surface area contributed by atoms with Crippen LogP contribution in [0.25, 0.3) is 16.6 Å². The number of nitrogens with zero attached hydrogens (tertiary/aromatic N) is 3. The van der Waals surface area contributed by atoms with Crippen molar-refractivity contribution in [2.45, 2.75) is 6.54 Å². The molecule has 0 spiro atoms. The SMILES string of the molecule is O=c1ccn(-c2cc(N3CCN(Cc4ccccc4)CC3)cc3[nH]ccc23)c(=O)[nH]1. The first-order chi connectivity index (χ1) is 14.7. The van der Waals surface area contributed by atoms with Gasteiger partial charge in [-0.2, -0.15) is 0 Å². The Balaban J connectivity index is 1.42. The fourth-order valence-electron chi connectivity index (χ4n) is 4.13. The van der Waals surface area contributed by atoms with E-state index < -0.39 is 11.2 Å². The second-order valence-corrected chi connectivity index (χ2v) is 7.63. The molecule has 1 fully saturated rings. The third-order valence-corrected chi connectivity index (χ3v) is 5.70. The Bertz CT molecular complexity index is 1280. The van der Waals surface area contributed by atoms with Gasteiger partial charge in [-0.25, -0.2) is 4.79 Å². The lowest BCUT2D eigenvalue weighted by Gasteiger charge is -2.36. The zero-order valence-electron chi connectivity index (χ0n) is 16.5. The molecule has 0 aliphatic carbocycles. The lowest BCUT2D eigenvalue weighted by atomic mass is 10.1. The maximum Gasteiger partial charge on any atom is 0.332 e. The highest BCUT2D eigenvalue weighted by atomic mass is 16.2. The van der Waals surface area contributed by atoms with Crippen LogP contribution in [0.4, 0.5) is 5.69 Å². The molecule has 0 bridgehead atoms. The summed E-state index contributed by atoms with van der Waals surface area (Å²) >= 11 is 0. The second-order valence-electron chi connectivity index (χ2n) is 7.63. The minimum Gasteiger partial charge on any atom is -0.369 e. The van der Waals surface area contributed by atoms with E-state index in [0.717, 1.165) is 55.0 Å². The monoisotopic (exact) mass is 401 g/mol. The number of aromatic nitrogens is 3. The fraction of sp³-hybridized carbons (Fsp3) is 0.217. The van der Waals surface area contributed by atoms with E-state index >= 15 is 0 Å². The van der Waals surface area contributed by atoms with Crippen molar-refractivity contribution >= 4 is 16.6 Å². The van der Waals surface area contributed by atoms with Crippen LogP contribution >= 0.6 is 0 Å². The Morgan fingerprint density at radius 3 is 2.47 bits per heavy atom. The highest BCUT2D eigenvalue weighted by molar-refractivity contribution is 5.91. The number of H-pyrrole nitrogens is 2. The first-order valence-corrected chi connectivity index (χ1v) is 10.1. The van der Waals surface area contributed by atoms with Crippen molar-refractivity contribution < 1.29 is 0 Å². The molecule has 4 aromatic rings. The molecular weight excluding hydrogens is 378 g/mol. The molecular formula is C23H23N5O2. The van der Waals surface area contributed by atoms with Crippen LogP contribution in [-0.2, 0) is 6.54 Å². The van der Waals surface area contributed by atoms with Crippen molar-refractivity contribution in [1.82, 2.24) is 19.4 Å². The van der Waals surface area contributed by atoms with Crippen LogP contribution in [0.5, 0.6) is 0 Å². The summed E-state index contributed by atoms with van der Waals surface area (Å²) in [7, 11) is 0. The second kappa shape index (κ2) is 7.68. The molecule has 0 saturated carbocycles. The summed E-state index contributed by atoms with van der Waals surface area (Å²) in [5.74, 6) is 0. The first-order valence-electron chi connectivity index (χ1n) is 10.1. The molecule has 0 unspecified atom stereocenters. The van der Waals surface area contributed by atoms with E-state index in [1.807, 2.05) is 24.4 Å². The van der Waals surface area contributed by atoms with Crippen molar-refractivity contribution in [2.24, 2.45) is 0 Å². The zero-order chi connectivity index (χ0) is 20.5. The molecule has 7 nitrogen and oxygen atoms in total. The van der Waals surface area contributed by atoms with Crippen molar-refractivity contribution in [3.63, 3.8) is 0 Å². The zero-order valence-corrected chi connectivity index (χ0v) is 16.5. The van der Waals surface area contributed by atoms with Crippen molar-refractivity contribution in [2.75, 3.05) is 31.1 Å². The summed E-state index contributed by atoms with van der Waals surface area (Å²) in [5.41, 5.74) is 3.29. The van der Waals surface area contributed by atoms with Crippen LogP contribution in [0.15, 0.2) is 76.6 Å². The summed E-state index contributed by atoms with van der Waals surface area (Å²) < 4.78 is 1.49. The third kappa shape index (κ3) is 3.55. The average Bonchev–Trinajstić information content (AvgIpc) is 3.23. The average molecular weight is 401 g/mol. The van der Waals surface area contributed by atoms with Gasteiger partial charge < -0.3 is 9.88 Å². The highest BCUT2D eigenvalue weighted by Crippen LogP contribution is 2.28. The summed E-state index contributed by atoms with van der Waals surface area (Å²) in [4.78, 5) is 34.3. The van der Waals surface area contributed by atoms with Gasteiger partial charge in [0.15, 0.2) is 0 Å². The molecule has 2 aromatic heterocycles. The first kappa shape index (κ1) is 18.4. The standard InChI is InChI=1S/C23H23N5O2/c29-22-7-9-28(23(30)25-22)21-15-18(14-20-19(21)6-8-24-20)27-12-10-26(11-13-27)16-17-4-2-1-3-5-17/h1-9,14-15,24H,10-13,16H2,(H,25,29,30). The molecule has 3 heterocycles. The molecule has 5 rings (SSSR count). The molecule has 152 valence electrons. The minimum atomic E-state index is -0.435. The molecule has 2 N–H and O–H groups in total. The number of aromatic amines is 2. The van der Waals surface area contributed by atoms with E-state index in [2.05, 4.69) is 50.1 Å². The van der Waals surface area contributed by atoms with E-state index in [1.165, 1.54) is 22.4 Å². The summed E-state index contributed by atoms with van der Waals surface area (Å²) in [6.45, 7) is 4.75. The quantitative estimate of drug-likeness (QED) is 0.550. The van der Waals surface area contributed by atoms with Gasteiger partial charge in [-0.05, 0) is 23.8 Å². The smallest absolute Gasteiger partial charge is 0.332 e. The predicted molar refractivity (Wildman–Crippen MR) is 118 cm³/mol. The summed E-state index contributed by atoms with van der Waals surface area (Å²) in [6, 6.07) is 18.0. The maximum atomic E-state index is 12.4. The minimum absolute atomic E-state index is 0.396. The lowest BCUT2D eigenvalue weighted by molar-refractivity contribution is 0.250. The van der Waals surface area contributed by atoms with Crippen molar-refractivity contribution in [3.8, 4) is 5.69 Å². The Morgan fingerprint density at radius 2 is 1.70 bits per heavy atom. The van der Waals surface area contributed by atoms with E-state index in [4.69, 9.17) is 0 Å². The van der Waals surface area contributed by atoms with Crippen LogP contribution in [0.3, 0.4) is 0 Å². The normalized spacial score (nSPS) is 15.0. The van der Waals surface area contributed by atoms with Gasteiger partial charge >= 0.3 is 5.69 Å². The van der Waals surface area contributed by atoms with Crippen LogP contribution in [0.1, 0.15) is 5.56 Å². The largest absolute Gasteiger partial charge is 0.369 e. The molecule has 2 aromatic carbocycles. The molecule has 1 aliphatic heterocycles. The number of hydrogen-bond donors (Lipinski definition) is 2. The number of benzene rings is 2. The molecule has 0 atom stereocenters. The van der Waals surface area contributed by atoms with Gasteiger partial charge in [-0.15, -0.1) is 0 Å². The Hall–Kier alpha value is -3.58. The molecule has 30 heavy (non-hydrogen) atoms. The van der Waals surface area contributed by atoms with Gasteiger partial charge in [-0.3, -0.25) is 19.2 Å². The molecule has 7 heteroatoms.